The first-order valence-corrected chi connectivity index (χ1v) is 8.68. The van der Waals surface area contributed by atoms with Gasteiger partial charge in [-0.15, -0.1) is 0 Å². The Balaban J connectivity index is 1.81. The lowest BCUT2D eigenvalue weighted by Crippen LogP contribution is -2.34. The van der Waals surface area contributed by atoms with Gasteiger partial charge in [-0.25, -0.2) is 4.79 Å². The maximum atomic E-state index is 12.1. The first kappa shape index (κ1) is 21.8. The van der Waals surface area contributed by atoms with Crippen LogP contribution in [0.1, 0.15) is 34.1 Å². The highest BCUT2D eigenvalue weighted by Crippen LogP contribution is 2.15. The van der Waals surface area contributed by atoms with Gasteiger partial charge in [0.25, 0.3) is 11.8 Å². The van der Waals surface area contributed by atoms with Crippen molar-refractivity contribution in [3.8, 4) is 11.5 Å². The number of carbonyl (C=O) groups excluding carboxylic acids is 3. The number of benzene rings is 2. The molecule has 0 atom stereocenters. The van der Waals surface area contributed by atoms with E-state index in [1.54, 1.807) is 12.1 Å². The Morgan fingerprint density at radius 1 is 0.931 bits per heavy atom. The largest absolute Gasteiger partial charge is 0.494 e. The fraction of sp³-hybridized carbons (Fsp3) is 0.250. The van der Waals surface area contributed by atoms with Crippen LogP contribution in [0.15, 0.2) is 48.5 Å². The fourth-order valence-corrected chi connectivity index (χ4v) is 2.14. The lowest BCUT2D eigenvalue weighted by molar-refractivity contribution is -0.123. The molecule has 1 N–H and O–H groups in total. The number of rotatable bonds is 9. The zero-order chi connectivity index (χ0) is 21.2. The van der Waals surface area contributed by atoms with Crippen molar-refractivity contribution in [2.75, 3.05) is 13.2 Å². The normalized spacial score (nSPS) is 10.3. The molecule has 154 valence electrons. The SMILES string of the molecule is CCCOc1ccc(C(=O)OCC(=O)NC(=O)c2ccc(OC(F)F)cc2)cc1. The van der Waals surface area contributed by atoms with E-state index in [0.29, 0.717) is 12.4 Å². The Labute approximate surface area is 165 Å². The van der Waals surface area contributed by atoms with E-state index in [1.807, 2.05) is 12.2 Å². The molecule has 0 fully saturated rings. The van der Waals surface area contributed by atoms with Crippen molar-refractivity contribution in [1.29, 1.82) is 0 Å². The van der Waals surface area contributed by atoms with E-state index < -0.39 is 31.0 Å². The third-order valence-corrected chi connectivity index (χ3v) is 3.49. The van der Waals surface area contributed by atoms with E-state index >= 15 is 0 Å². The highest BCUT2D eigenvalue weighted by atomic mass is 19.3. The van der Waals surface area contributed by atoms with Crippen molar-refractivity contribution in [2.45, 2.75) is 20.0 Å². The van der Waals surface area contributed by atoms with Crippen LogP contribution in [-0.4, -0.2) is 37.6 Å². The maximum Gasteiger partial charge on any atom is 0.387 e. The van der Waals surface area contributed by atoms with Crippen LogP contribution in [0.25, 0.3) is 0 Å². The van der Waals surface area contributed by atoms with Gasteiger partial charge in [0, 0.05) is 5.56 Å². The second kappa shape index (κ2) is 10.7. The molecule has 0 aliphatic carbocycles. The van der Waals surface area contributed by atoms with Gasteiger partial charge in [-0.2, -0.15) is 8.78 Å². The van der Waals surface area contributed by atoms with Crippen molar-refractivity contribution in [3.05, 3.63) is 59.7 Å². The predicted octanol–water partition coefficient (Wildman–Crippen LogP) is 3.19. The smallest absolute Gasteiger partial charge is 0.387 e. The molecule has 29 heavy (non-hydrogen) atoms. The number of amides is 2. The Hall–Kier alpha value is -3.49. The number of carbonyl (C=O) groups is 3. The van der Waals surface area contributed by atoms with Gasteiger partial charge < -0.3 is 14.2 Å². The minimum Gasteiger partial charge on any atom is -0.494 e. The van der Waals surface area contributed by atoms with Crippen molar-refractivity contribution in [3.63, 3.8) is 0 Å². The summed E-state index contributed by atoms with van der Waals surface area (Å²) in [4.78, 5) is 35.7. The average molecular weight is 407 g/mol. The van der Waals surface area contributed by atoms with E-state index in [4.69, 9.17) is 9.47 Å². The number of nitrogens with one attached hydrogen (secondary N) is 1. The molecular weight excluding hydrogens is 388 g/mol. The number of ether oxygens (including phenoxy) is 3. The molecule has 0 saturated heterocycles. The molecule has 0 saturated carbocycles. The van der Waals surface area contributed by atoms with Crippen LogP contribution in [0.2, 0.25) is 0 Å². The summed E-state index contributed by atoms with van der Waals surface area (Å²) >= 11 is 0. The topological polar surface area (TPSA) is 90.9 Å². The van der Waals surface area contributed by atoms with Gasteiger partial charge in [0.1, 0.15) is 11.5 Å². The molecule has 2 aromatic rings. The van der Waals surface area contributed by atoms with Gasteiger partial charge in [-0.3, -0.25) is 14.9 Å². The number of hydrogen-bond acceptors (Lipinski definition) is 6. The van der Waals surface area contributed by atoms with Gasteiger partial charge in [0.15, 0.2) is 6.61 Å². The number of esters is 1. The molecule has 2 amide bonds. The third kappa shape index (κ3) is 7.21. The van der Waals surface area contributed by atoms with E-state index in [2.05, 4.69) is 4.74 Å². The molecule has 0 radical (unpaired) electrons. The quantitative estimate of drug-likeness (QED) is 0.642. The summed E-state index contributed by atoms with van der Waals surface area (Å²) in [6.45, 7) is -1.12. The minimum atomic E-state index is -2.98. The molecule has 7 nitrogen and oxygen atoms in total. The highest BCUT2D eigenvalue weighted by molar-refractivity contribution is 6.05. The standard InChI is InChI=1S/C20H19F2NO6/c1-2-11-27-15-7-5-14(6-8-15)19(26)28-12-17(24)23-18(25)13-3-9-16(10-4-13)29-20(21)22/h3-10,20H,2,11-12H2,1H3,(H,23,24,25). The van der Waals surface area contributed by atoms with Gasteiger partial charge >= 0.3 is 12.6 Å². The van der Waals surface area contributed by atoms with Crippen LogP contribution in [0, 0.1) is 0 Å². The Morgan fingerprint density at radius 3 is 2.10 bits per heavy atom. The summed E-state index contributed by atoms with van der Waals surface area (Å²) in [6.07, 6.45) is 0.852. The molecule has 0 bridgehead atoms. The van der Waals surface area contributed by atoms with Gasteiger partial charge in [0.05, 0.1) is 12.2 Å². The molecular formula is C20H19F2NO6. The number of halogens is 2. The van der Waals surface area contributed by atoms with Crippen molar-refractivity contribution >= 4 is 17.8 Å². The number of alkyl halides is 2. The van der Waals surface area contributed by atoms with E-state index in [1.165, 1.54) is 36.4 Å². The fourth-order valence-electron chi connectivity index (χ4n) is 2.14. The van der Waals surface area contributed by atoms with E-state index in [9.17, 15) is 23.2 Å². The summed E-state index contributed by atoms with van der Waals surface area (Å²) in [6, 6.07) is 11.0. The molecule has 0 spiro atoms. The van der Waals surface area contributed by atoms with Crippen LogP contribution in [0.3, 0.4) is 0 Å². The first-order valence-electron chi connectivity index (χ1n) is 8.68. The lowest BCUT2D eigenvalue weighted by atomic mass is 10.2. The summed E-state index contributed by atoms with van der Waals surface area (Å²) in [7, 11) is 0. The molecule has 0 unspecified atom stereocenters. The Morgan fingerprint density at radius 2 is 1.52 bits per heavy atom. The number of imide groups is 1. The van der Waals surface area contributed by atoms with Crippen LogP contribution in [0.5, 0.6) is 11.5 Å². The van der Waals surface area contributed by atoms with E-state index in [-0.39, 0.29) is 16.9 Å². The second-order valence-corrected chi connectivity index (χ2v) is 5.73. The monoisotopic (exact) mass is 407 g/mol. The lowest BCUT2D eigenvalue weighted by Gasteiger charge is -2.08. The summed E-state index contributed by atoms with van der Waals surface area (Å²) in [5.74, 6) is -1.85. The Bertz CT molecular complexity index is 837. The maximum absolute atomic E-state index is 12.1. The van der Waals surface area contributed by atoms with Gasteiger partial charge in [-0.05, 0) is 55.0 Å². The Kier molecular flexibility index (Phi) is 8.08. The molecule has 0 aliphatic rings. The summed E-state index contributed by atoms with van der Waals surface area (Å²) in [5, 5.41) is 2.03. The van der Waals surface area contributed by atoms with Crippen molar-refractivity contribution in [1.82, 2.24) is 5.32 Å². The van der Waals surface area contributed by atoms with Crippen LogP contribution in [-0.2, 0) is 9.53 Å². The minimum absolute atomic E-state index is 0.0500. The summed E-state index contributed by atoms with van der Waals surface area (Å²) < 4.78 is 38.6. The van der Waals surface area contributed by atoms with Crippen LogP contribution in [0.4, 0.5) is 8.78 Å². The molecule has 0 aromatic heterocycles. The average Bonchev–Trinajstić information content (AvgIpc) is 2.71. The summed E-state index contributed by atoms with van der Waals surface area (Å²) in [5.41, 5.74) is 0.275. The first-order chi connectivity index (χ1) is 13.9. The molecule has 2 rings (SSSR count). The second-order valence-electron chi connectivity index (χ2n) is 5.73. The highest BCUT2D eigenvalue weighted by Gasteiger charge is 2.14. The number of hydrogen-bond donors (Lipinski definition) is 1. The molecule has 0 heterocycles. The molecule has 2 aromatic carbocycles. The van der Waals surface area contributed by atoms with Crippen LogP contribution < -0.4 is 14.8 Å². The van der Waals surface area contributed by atoms with Gasteiger partial charge in [0.2, 0.25) is 0 Å². The zero-order valence-corrected chi connectivity index (χ0v) is 15.5. The van der Waals surface area contributed by atoms with Gasteiger partial charge in [-0.1, -0.05) is 6.92 Å². The van der Waals surface area contributed by atoms with Crippen LogP contribution >= 0.6 is 0 Å². The van der Waals surface area contributed by atoms with E-state index in [0.717, 1.165) is 6.42 Å². The molecule has 9 heteroatoms. The zero-order valence-electron chi connectivity index (χ0n) is 15.5. The van der Waals surface area contributed by atoms with Crippen molar-refractivity contribution < 1.29 is 37.4 Å². The molecule has 0 aliphatic heterocycles. The predicted molar refractivity (Wildman–Crippen MR) is 98.1 cm³/mol. The third-order valence-electron chi connectivity index (χ3n) is 3.49. The van der Waals surface area contributed by atoms with Crippen molar-refractivity contribution in [2.24, 2.45) is 0 Å².